The average Bonchev–Trinajstić information content (AvgIpc) is 2.26. The number of benzene rings is 1. The number of rotatable bonds is 5. The Morgan fingerprint density at radius 3 is 2.80 bits per heavy atom. The van der Waals surface area contributed by atoms with Crippen molar-refractivity contribution in [1.82, 2.24) is 5.32 Å². The third-order valence-electron chi connectivity index (χ3n) is 2.41. The molecule has 2 N–H and O–H groups in total. The monoisotopic (exact) mass is 209 g/mol. The molecule has 0 aliphatic rings. The molecule has 0 heterocycles. The van der Waals surface area contributed by atoms with Gasteiger partial charge >= 0.3 is 0 Å². The Bertz CT molecular complexity index is 310. The molecule has 0 spiro atoms. The molecule has 3 nitrogen and oxygen atoms in total. The second-order valence-electron chi connectivity index (χ2n) is 3.79. The Hall–Kier alpha value is -1.06. The Balaban J connectivity index is 2.83. The molecule has 84 valence electrons. The van der Waals surface area contributed by atoms with E-state index < -0.39 is 5.60 Å². The van der Waals surface area contributed by atoms with Gasteiger partial charge in [-0.25, -0.2) is 0 Å². The fourth-order valence-electron chi connectivity index (χ4n) is 1.43. The van der Waals surface area contributed by atoms with Crippen molar-refractivity contribution in [3.05, 3.63) is 29.8 Å². The second-order valence-corrected chi connectivity index (χ2v) is 3.79. The van der Waals surface area contributed by atoms with Gasteiger partial charge < -0.3 is 15.2 Å². The maximum absolute atomic E-state index is 10.2. The molecule has 0 radical (unpaired) electrons. The van der Waals surface area contributed by atoms with Gasteiger partial charge in [-0.15, -0.1) is 0 Å². The van der Waals surface area contributed by atoms with Gasteiger partial charge in [0.25, 0.3) is 0 Å². The van der Waals surface area contributed by atoms with Crippen molar-refractivity contribution in [1.29, 1.82) is 0 Å². The van der Waals surface area contributed by atoms with Crippen LogP contribution in [0, 0.1) is 0 Å². The molecule has 1 rings (SSSR count). The third-order valence-corrected chi connectivity index (χ3v) is 2.41. The highest BCUT2D eigenvalue weighted by Crippen LogP contribution is 2.23. The summed E-state index contributed by atoms with van der Waals surface area (Å²) in [5.41, 5.74) is 0.00711. The Morgan fingerprint density at radius 1 is 1.47 bits per heavy atom. The zero-order valence-electron chi connectivity index (χ0n) is 9.58. The Labute approximate surface area is 91.1 Å². The van der Waals surface area contributed by atoms with Crippen LogP contribution in [-0.4, -0.2) is 25.3 Å². The van der Waals surface area contributed by atoms with Gasteiger partial charge in [0.2, 0.25) is 0 Å². The van der Waals surface area contributed by atoms with Crippen LogP contribution in [0.3, 0.4) is 0 Å². The van der Waals surface area contributed by atoms with E-state index in [1.54, 1.807) is 14.0 Å². The topological polar surface area (TPSA) is 41.5 Å². The summed E-state index contributed by atoms with van der Waals surface area (Å²) in [5, 5.41) is 13.4. The van der Waals surface area contributed by atoms with Crippen molar-refractivity contribution in [2.24, 2.45) is 0 Å². The zero-order valence-corrected chi connectivity index (χ0v) is 9.58. The number of likely N-dealkylation sites (N-methyl/N-ethyl adjacent to an activating group) is 1. The molecular formula is C12H19NO2. The van der Waals surface area contributed by atoms with E-state index >= 15 is 0 Å². The van der Waals surface area contributed by atoms with Gasteiger partial charge in [0, 0.05) is 6.54 Å². The van der Waals surface area contributed by atoms with Gasteiger partial charge in [-0.3, -0.25) is 0 Å². The first kappa shape index (κ1) is 12.0. The summed E-state index contributed by atoms with van der Waals surface area (Å²) in [7, 11) is 1.62. The van der Waals surface area contributed by atoms with Gasteiger partial charge in [0.05, 0.1) is 12.7 Å². The van der Waals surface area contributed by atoms with Crippen molar-refractivity contribution in [3.8, 4) is 5.75 Å². The SMILES string of the molecule is CCNCC(C)(O)c1cccc(OC)c1. The lowest BCUT2D eigenvalue weighted by Crippen LogP contribution is -2.35. The van der Waals surface area contributed by atoms with E-state index in [1.165, 1.54) is 0 Å². The molecule has 1 aromatic rings. The first-order chi connectivity index (χ1) is 7.10. The molecule has 0 amide bonds. The number of hydrogen-bond donors (Lipinski definition) is 2. The number of hydrogen-bond acceptors (Lipinski definition) is 3. The molecule has 1 aromatic carbocycles. The number of methoxy groups -OCH3 is 1. The molecule has 0 saturated carbocycles. The third kappa shape index (κ3) is 3.22. The number of ether oxygens (including phenoxy) is 1. The van der Waals surface area contributed by atoms with Crippen molar-refractivity contribution in [2.45, 2.75) is 19.4 Å². The zero-order chi connectivity index (χ0) is 11.3. The maximum Gasteiger partial charge on any atom is 0.119 e. The molecule has 0 aliphatic carbocycles. The van der Waals surface area contributed by atoms with Crippen LogP contribution in [0.15, 0.2) is 24.3 Å². The highest BCUT2D eigenvalue weighted by atomic mass is 16.5. The van der Waals surface area contributed by atoms with Gasteiger partial charge in [0.1, 0.15) is 5.75 Å². The minimum absolute atomic E-state index is 0.538. The lowest BCUT2D eigenvalue weighted by atomic mass is 9.96. The molecule has 0 aliphatic heterocycles. The fraction of sp³-hybridized carbons (Fsp3) is 0.500. The van der Waals surface area contributed by atoms with Crippen LogP contribution >= 0.6 is 0 Å². The van der Waals surface area contributed by atoms with Crippen LogP contribution < -0.4 is 10.1 Å². The van der Waals surface area contributed by atoms with Crippen molar-refractivity contribution in [3.63, 3.8) is 0 Å². The standard InChI is InChI=1S/C12H19NO2/c1-4-13-9-12(2,14)10-6-5-7-11(8-10)15-3/h5-8,13-14H,4,9H2,1-3H3. The normalized spacial score (nSPS) is 14.7. The van der Waals surface area contributed by atoms with E-state index in [1.807, 2.05) is 31.2 Å². The summed E-state index contributed by atoms with van der Waals surface area (Å²) in [4.78, 5) is 0. The summed E-state index contributed by atoms with van der Waals surface area (Å²) in [6, 6.07) is 7.51. The molecular weight excluding hydrogens is 190 g/mol. The molecule has 0 bridgehead atoms. The number of aliphatic hydroxyl groups is 1. The molecule has 0 aromatic heterocycles. The van der Waals surface area contributed by atoms with Crippen molar-refractivity contribution >= 4 is 0 Å². The highest BCUT2D eigenvalue weighted by molar-refractivity contribution is 5.32. The lowest BCUT2D eigenvalue weighted by molar-refractivity contribution is 0.0574. The Kier molecular flexibility index (Phi) is 4.12. The summed E-state index contributed by atoms with van der Waals surface area (Å²) in [5.74, 6) is 0.768. The summed E-state index contributed by atoms with van der Waals surface area (Å²) < 4.78 is 5.12. The Morgan fingerprint density at radius 2 is 2.20 bits per heavy atom. The number of nitrogens with one attached hydrogen (secondary N) is 1. The predicted molar refractivity (Wildman–Crippen MR) is 61.1 cm³/mol. The van der Waals surface area contributed by atoms with Crippen LogP contribution in [0.2, 0.25) is 0 Å². The van der Waals surface area contributed by atoms with Gasteiger partial charge in [-0.2, -0.15) is 0 Å². The van der Waals surface area contributed by atoms with Crippen molar-refractivity contribution in [2.75, 3.05) is 20.2 Å². The van der Waals surface area contributed by atoms with Gasteiger partial charge in [-0.1, -0.05) is 19.1 Å². The lowest BCUT2D eigenvalue weighted by Gasteiger charge is -2.24. The van der Waals surface area contributed by atoms with E-state index in [2.05, 4.69) is 5.32 Å². The first-order valence-corrected chi connectivity index (χ1v) is 5.18. The van der Waals surface area contributed by atoms with Gasteiger partial charge in [0.15, 0.2) is 0 Å². The molecule has 1 atom stereocenters. The highest BCUT2D eigenvalue weighted by Gasteiger charge is 2.22. The fourth-order valence-corrected chi connectivity index (χ4v) is 1.43. The summed E-state index contributed by atoms with van der Waals surface area (Å²) >= 11 is 0. The van der Waals surface area contributed by atoms with E-state index in [9.17, 15) is 5.11 Å². The predicted octanol–water partition coefficient (Wildman–Crippen LogP) is 1.51. The largest absolute Gasteiger partial charge is 0.497 e. The van der Waals surface area contributed by atoms with Crippen LogP contribution in [0.25, 0.3) is 0 Å². The van der Waals surface area contributed by atoms with Gasteiger partial charge in [-0.05, 0) is 31.2 Å². The second kappa shape index (κ2) is 5.14. The van der Waals surface area contributed by atoms with E-state index in [0.717, 1.165) is 17.9 Å². The summed E-state index contributed by atoms with van der Waals surface area (Å²) in [6.07, 6.45) is 0. The minimum Gasteiger partial charge on any atom is -0.497 e. The van der Waals surface area contributed by atoms with E-state index in [4.69, 9.17) is 4.74 Å². The quantitative estimate of drug-likeness (QED) is 0.772. The maximum atomic E-state index is 10.2. The molecule has 1 unspecified atom stereocenters. The molecule has 15 heavy (non-hydrogen) atoms. The van der Waals surface area contributed by atoms with Crippen LogP contribution in [0.5, 0.6) is 5.75 Å². The van der Waals surface area contributed by atoms with Crippen molar-refractivity contribution < 1.29 is 9.84 Å². The van der Waals surface area contributed by atoms with E-state index in [0.29, 0.717) is 6.54 Å². The smallest absolute Gasteiger partial charge is 0.119 e. The molecule has 0 fully saturated rings. The van der Waals surface area contributed by atoms with Crippen LogP contribution in [0.4, 0.5) is 0 Å². The average molecular weight is 209 g/mol. The van der Waals surface area contributed by atoms with E-state index in [-0.39, 0.29) is 0 Å². The van der Waals surface area contributed by atoms with Crippen LogP contribution in [-0.2, 0) is 5.60 Å². The molecule has 0 saturated heterocycles. The first-order valence-electron chi connectivity index (χ1n) is 5.18. The minimum atomic E-state index is -0.857. The van der Waals surface area contributed by atoms with Crippen LogP contribution in [0.1, 0.15) is 19.4 Å². The summed E-state index contributed by atoms with van der Waals surface area (Å²) in [6.45, 7) is 5.20. The molecule has 3 heteroatoms.